The number of halogens is 1. The van der Waals surface area contributed by atoms with Crippen molar-refractivity contribution in [2.24, 2.45) is 0 Å². The standard InChI is InChI=1S/C15H15ClO4/c1-18-13-4-3-5-14(19-2)15(13)20-11-7-6-10(9-17)12(16)8-11/h3-8,17H,9H2,1-2H3. The molecule has 106 valence electrons. The normalized spacial score (nSPS) is 10.2. The van der Waals surface area contributed by atoms with Crippen molar-refractivity contribution in [3.05, 3.63) is 47.0 Å². The summed E-state index contributed by atoms with van der Waals surface area (Å²) >= 11 is 6.04. The van der Waals surface area contributed by atoms with Gasteiger partial charge in [-0.3, -0.25) is 0 Å². The van der Waals surface area contributed by atoms with Crippen molar-refractivity contribution in [2.75, 3.05) is 14.2 Å². The molecule has 1 N–H and O–H groups in total. The predicted octanol–water partition coefficient (Wildman–Crippen LogP) is 3.64. The monoisotopic (exact) mass is 294 g/mol. The summed E-state index contributed by atoms with van der Waals surface area (Å²) in [5.74, 6) is 2.14. The topological polar surface area (TPSA) is 47.9 Å². The van der Waals surface area contributed by atoms with Gasteiger partial charge in [0.25, 0.3) is 0 Å². The van der Waals surface area contributed by atoms with Crippen LogP contribution in [-0.4, -0.2) is 19.3 Å². The third kappa shape index (κ3) is 2.98. The maximum Gasteiger partial charge on any atom is 0.210 e. The Morgan fingerprint density at radius 3 is 2.20 bits per heavy atom. The molecule has 0 atom stereocenters. The van der Waals surface area contributed by atoms with Crippen LogP contribution < -0.4 is 14.2 Å². The number of aliphatic hydroxyl groups is 1. The number of ether oxygens (including phenoxy) is 3. The Morgan fingerprint density at radius 2 is 1.70 bits per heavy atom. The lowest BCUT2D eigenvalue weighted by Crippen LogP contribution is -1.95. The Kier molecular flexibility index (Phi) is 4.71. The Balaban J connectivity index is 2.36. The van der Waals surface area contributed by atoms with Crippen LogP contribution in [0.5, 0.6) is 23.0 Å². The summed E-state index contributed by atoms with van der Waals surface area (Å²) in [4.78, 5) is 0. The van der Waals surface area contributed by atoms with Gasteiger partial charge in [-0.25, -0.2) is 0 Å². The van der Waals surface area contributed by atoms with Gasteiger partial charge in [-0.05, 0) is 29.8 Å². The molecule has 0 spiro atoms. The summed E-state index contributed by atoms with van der Waals surface area (Å²) in [6.45, 7) is -0.114. The summed E-state index contributed by atoms with van der Waals surface area (Å²) in [6, 6.07) is 10.4. The summed E-state index contributed by atoms with van der Waals surface area (Å²) in [7, 11) is 3.12. The maximum atomic E-state index is 9.10. The van der Waals surface area contributed by atoms with Crippen LogP contribution in [0.3, 0.4) is 0 Å². The zero-order valence-electron chi connectivity index (χ0n) is 11.2. The van der Waals surface area contributed by atoms with Gasteiger partial charge in [0.1, 0.15) is 5.75 Å². The van der Waals surface area contributed by atoms with Crippen molar-refractivity contribution in [3.63, 3.8) is 0 Å². The minimum absolute atomic E-state index is 0.114. The Bertz CT molecular complexity index is 576. The predicted molar refractivity (Wildman–Crippen MR) is 77.0 cm³/mol. The molecule has 0 amide bonds. The van der Waals surface area contributed by atoms with E-state index in [1.807, 2.05) is 6.07 Å². The summed E-state index contributed by atoms with van der Waals surface area (Å²) in [5.41, 5.74) is 0.644. The summed E-state index contributed by atoms with van der Waals surface area (Å²) in [6.07, 6.45) is 0. The Hall–Kier alpha value is -1.91. The van der Waals surface area contributed by atoms with E-state index in [4.69, 9.17) is 30.9 Å². The molecule has 5 heteroatoms. The lowest BCUT2D eigenvalue weighted by Gasteiger charge is -2.14. The van der Waals surface area contributed by atoms with Crippen LogP contribution in [0.4, 0.5) is 0 Å². The SMILES string of the molecule is COc1cccc(OC)c1Oc1ccc(CO)c(Cl)c1. The van der Waals surface area contributed by atoms with Gasteiger partial charge < -0.3 is 19.3 Å². The smallest absolute Gasteiger partial charge is 0.210 e. The van der Waals surface area contributed by atoms with Gasteiger partial charge in [-0.15, -0.1) is 0 Å². The second-order valence-corrected chi connectivity index (χ2v) is 4.41. The van der Waals surface area contributed by atoms with Gasteiger partial charge in [-0.2, -0.15) is 0 Å². The van der Waals surface area contributed by atoms with E-state index in [1.165, 1.54) is 0 Å². The van der Waals surface area contributed by atoms with Crippen molar-refractivity contribution < 1.29 is 19.3 Å². The van der Waals surface area contributed by atoms with Gasteiger partial charge in [0, 0.05) is 5.02 Å². The van der Waals surface area contributed by atoms with E-state index in [2.05, 4.69) is 0 Å². The zero-order chi connectivity index (χ0) is 14.5. The van der Waals surface area contributed by atoms with E-state index in [0.717, 1.165) is 0 Å². The molecular weight excluding hydrogens is 280 g/mol. The number of para-hydroxylation sites is 1. The highest BCUT2D eigenvalue weighted by Gasteiger charge is 2.13. The largest absolute Gasteiger partial charge is 0.493 e. The molecule has 2 aromatic rings. The van der Waals surface area contributed by atoms with Crippen LogP contribution in [0, 0.1) is 0 Å². The second-order valence-electron chi connectivity index (χ2n) is 4.01. The molecule has 0 heterocycles. The van der Waals surface area contributed by atoms with Crippen LogP contribution in [0.25, 0.3) is 0 Å². The van der Waals surface area contributed by atoms with E-state index < -0.39 is 0 Å². The number of methoxy groups -OCH3 is 2. The third-order valence-corrected chi connectivity index (χ3v) is 3.15. The number of rotatable bonds is 5. The first-order valence-corrected chi connectivity index (χ1v) is 6.35. The molecule has 0 unspecified atom stereocenters. The van der Waals surface area contributed by atoms with Gasteiger partial charge in [0.2, 0.25) is 5.75 Å². The fraction of sp³-hybridized carbons (Fsp3) is 0.200. The molecule has 0 bridgehead atoms. The van der Waals surface area contributed by atoms with Crippen molar-refractivity contribution >= 4 is 11.6 Å². The van der Waals surface area contributed by atoms with E-state index in [-0.39, 0.29) is 6.61 Å². The number of hydrogen-bond donors (Lipinski definition) is 1. The molecule has 0 radical (unpaired) electrons. The first-order chi connectivity index (χ1) is 9.69. The van der Waals surface area contributed by atoms with Crippen LogP contribution in [0.1, 0.15) is 5.56 Å². The van der Waals surface area contributed by atoms with Crippen LogP contribution >= 0.6 is 11.6 Å². The molecule has 0 aliphatic carbocycles. The third-order valence-electron chi connectivity index (χ3n) is 2.80. The van der Waals surface area contributed by atoms with E-state index >= 15 is 0 Å². The van der Waals surface area contributed by atoms with Gasteiger partial charge >= 0.3 is 0 Å². The summed E-state index contributed by atoms with van der Waals surface area (Å²) in [5, 5.41) is 9.54. The molecule has 2 rings (SSSR count). The molecule has 0 aromatic heterocycles. The molecule has 2 aromatic carbocycles. The molecule has 0 aliphatic rings. The van der Waals surface area contributed by atoms with Crippen molar-refractivity contribution in [2.45, 2.75) is 6.61 Å². The van der Waals surface area contributed by atoms with E-state index in [1.54, 1.807) is 44.6 Å². The van der Waals surface area contributed by atoms with Crippen molar-refractivity contribution in [1.82, 2.24) is 0 Å². The molecule has 0 fully saturated rings. The van der Waals surface area contributed by atoms with Crippen LogP contribution in [0.2, 0.25) is 5.02 Å². The van der Waals surface area contributed by atoms with Crippen LogP contribution in [-0.2, 0) is 6.61 Å². The van der Waals surface area contributed by atoms with Gasteiger partial charge in [0.05, 0.1) is 20.8 Å². The van der Waals surface area contributed by atoms with Crippen molar-refractivity contribution in [1.29, 1.82) is 0 Å². The lowest BCUT2D eigenvalue weighted by molar-refractivity contribution is 0.281. The average Bonchev–Trinajstić information content (AvgIpc) is 2.47. The molecule has 0 saturated carbocycles. The molecule has 0 aliphatic heterocycles. The van der Waals surface area contributed by atoms with Gasteiger partial charge in [0.15, 0.2) is 11.5 Å². The number of benzene rings is 2. The maximum absolute atomic E-state index is 9.10. The van der Waals surface area contributed by atoms with Crippen LogP contribution in [0.15, 0.2) is 36.4 Å². The minimum Gasteiger partial charge on any atom is -0.493 e. The van der Waals surface area contributed by atoms with E-state index in [0.29, 0.717) is 33.6 Å². The molecular formula is C15H15ClO4. The summed E-state index contributed by atoms with van der Waals surface area (Å²) < 4.78 is 16.3. The average molecular weight is 295 g/mol. The second kappa shape index (κ2) is 6.50. The zero-order valence-corrected chi connectivity index (χ0v) is 12.0. The highest BCUT2D eigenvalue weighted by atomic mass is 35.5. The first kappa shape index (κ1) is 14.5. The Labute approximate surface area is 122 Å². The fourth-order valence-corrected chi connectivity index (χ4v) is 1.99. The minimum atomic E-state index is -0.114. The van der Waals surface area contributed by atoms with Gasteiger partial charge in [-0.1, -0.05) is 23.7 Å². The number of hydrogen-bond acceptors (Lipinski definition) is 4. The lowest BCUT2D eigenvalue weighted by atomic mass is 10.2. The quantitative estimate of drug-likeness (QED) is 0.914. The molecule has 20 heavy (non-hydrogen) atoms. The highest BCUT2D eigenvalue weighted by molar-refractivity contribution is 6.31. The fourth-order valence-electron chi connectivity index (χ4n) is 1.76. The number of aliphatic hydroxyl groups excluding tert-OH is 1. The highest BCUT2D eigenvalue weighted by Crippen LogP contribution is 2.40. The van der Waals surface area contributed by atoms with E-state index in [9.17, 15) is 0 Å². The molecule has 0 saturated heterocycles. The van der Waals surface area contributed by atoms with Crippen molar-refractivity contribution in [3.8, 4) is 23.0 Å². The molecule has 4 nitrogen and oxygen atoms in total. The Morgan fingerprint density at radius 1 is 1.05 bits per heavy atom. The first-order valence-electron chi connectivity index (χ1n) is 5.97.